The van der Waals surface area contributed by atoms with Gasteiger partial charge >= 0.3 is 0 Å². The Labute approximate surface area is 140 Å². The van der Waals surface area contributed by atoms with Gasteiger partial charge in [0.15, 0.2) is 11.2 Å². The zero-order chi connectivity index (χ0) is 16.8. The molecular weight excluding hydrogens is 332 g/mol. The fraction of sp³-hybridized carbons (Fsp3) is 0. The van der Waals surface area contributed by atoms with Gasteiger partial charge in [-0.3, -0.25) is 9.59 Å². The number of hydrogen-bond donors (Lipinski definition) is 1. The number of ether oxygens (including phenoxy) is 1. The Kier molecular flexibility index (Phi) is 3.18. The monoisotopic (exact) mass is 340 g/mol. The number of allylic oxidation sites excluding steroid dienone is 1. The molecule has 5 nitrogen and oxygen atoms in total. The van der Waals surface area contributed by atoms with Crippen LogP contribution in [0.3, 0.4) is 0 Å². The second-order valence-corrected chi connectivity index (χ2v) is 5.72. The second kappa shape index (κ2) is 5.25. The van der Waals surface area contributed by atoms with E-state index in [4.69, 9.17) is 20.8 Å². The maximum absolute atomic E-state index is 12.5. The number of carbonyl (C=O) groups excluding carboxylic acids is 1. The van der Waals surface area contributed by atoms with Gasteiger partial charge in [-0.25, -0.2) is 0 Å². The van der Waals surface area contributed by atoms with Gasteiger partial charge in [0.25, 0.3) is 0 Å². The van der Waals surface area contributed by atoms with E-state index in [0.717, 1.165) is 0 Å². The highest BCUT2D eigenvalue weighted by Gasteiger charge is 2.28. The van der Waals surface area contributed by atoms with E-state index >= 15 is 0 Å². The van der Waals surface area contributed by atoms with E-state index in [1.54, 1.807) is 12.1 Å². The Balaban J connectivity index is 1.82. The number of rotatable bonds is 1. The van der Waals surface area contributed by atoms with Gasteiger partial charge in [0.05, 0.1) is 16.5 Å². The highest BCUT2D eigenvalue weighted by molar-refractivity contribution is 6.31. The van der Waals surface area contributed by atoms with Crippen molar-refractivity contribution in [1.82, 2.24) is 0 Å². The fourth-order valence-corrected chi connectivity index (χ4v) is 2.71. The minimum absolute atomic E-state index is 0.00993. The SMILES string of the molecule is O=C1/C(=C\c2coc3ccc(Cl)cc3c2=O)Oc2cc(O)ccc21. The number of Topliss-reactive ketones (excluding diaryl/α,β-unsaturated/α-hetero) is 1. The lowest BCUT2D eigenvalue weighted by Gasteiger charge is -2.01. The molecule has 0 atom stereocenters. The number of halogens is 1. The molecule has 1 aliphatic heterocycles. The maximum atomic E-state index is 12.5. The molecule has 1 N–H and O–H groups in total. The third-order valence-electron chi connectivity index (χ3n) is 3.70. The fourth-order valence-electron chi connectivity index (χ4n) is 2.53. The molecule has 0 radical (unpaired) electrons. The Morgan fingerprint density at radius 3 is 2.75 bits per heavy atom. The van der Waals surface area contributed by atoms with E-state index in [9.17, 15) is 14.7 Å². The molecule has 0 unspecified atom stereocenters. The van der Waals surface area contributed by atoms with Crippen LogP contribution in [0.4, 0.5) is 0 Å². The van der Waals surface area contributed by atoms with Crippen molar-refractivity contribution >= 4 is 34.4 Å². The number of phenolic OH excluding ortho intramolecular Hbond substituents is 1. The molecule has 0 amide bonds. The number of hydrogen-bond acceptors (Lipinski definition) is 5. The lowest BCUT2D eigenvalue weighted by Crippen LogP contribution is -2.07. The molecule has 2 heterocycles. The van der Waals surface area contributed by atoms with Gasteiger partial charge in [0.2, 0.25) is 5.78 Å². The summed E-state index contributed by atoms with van der Waals surface area (Å²) in [4.78, 5) is 24.8. The first kappa shape index (κ1) is 14.5. The van der Waals surface area contributed by atoms with E-state index in [1.165, 1.54) is 36.6 Å². The first-order chi connectivity index (χ1) is 11.5. The van der Waals surface area contributed by atoms with Crippen LogP contribution in [-0.2, 0) is 0 Å². The summed E-state index contributed by atoms with van der Waals surface area (Å²) in [5.41, 5.74) is 0.581. The number of aromatic hydroxyl groups is 1. The van der Waals surface area contributed by atoms with Crippen LogP contribution in [-0.4, -0.2) is 10.9 Å². The molecule has 2 aromatic carbocycles. The molecule has 1 aromatic heterocycles. The van der Waals surface area contributed by atoms with Crippen molar-refractivity contribution in [1.29, 1.82) is 0 Å². The van der Waals surface area contributed by atoms with Crippen molar-refractivity contribution in [2.75, 3.05) is 0 Å². The molecule has 1 aliphatic rings. The van der Waals surface area contributed by atoms with Gasteiger partial charge in [0.1, 0.15) is 23.3 Å². The van der Waals surface area contributed by atoms with E-state index in [1.807, 2.05) is 0 Å². The van der Waals surface area contributed by atoms with Crippen molar-refractivity contribution in [3.63, 3.8) is 0 Å². The molecule has 0 fully saturated rings. The zero-order valence-corrected chi connectivity index (χ0v) is 12.8. The summed E-state index contributed by atoms with van der Waals surface area (Å²) >= 11 is 5.91. The number of fused-ring (bicyclic) bond motifs is 2. The van der Waals surface area contributed by atoms with Gasteiger partial charge in [-0.15, -0.1) is 0 Å². The van der Waals surface area contributed by atoms with Crippen LogP contribution in [0.1, 0.15) is 15.9 Å². The lowest BCUT2D eigenvalue weighted by molar-refractivity contribution is 0.101. The molecule has 0 bridgehead atoms. The molecular formula is C18H9ClO5. The van der Waals surface area contributed by atoms with Gasteiger partial charge in [-0.05, 0) is 36.4 Å². The summed E-state index contributed by atoms with van der Waals surface area (Å²) in [6, 6.07) is 8.95. The molecule has 6 heteroatoms. The third-order valence-corrected chi connectivity index (χ3v) is 3.94. The van der Waals surface area contributed by atoms with Crippen molar-refractivity contribution in [2.24, 2.45) is 0 Å². The Hall–Kier alpha value is -3.05. The minimum Gasteiger partial charge on any atom is -0.508 e. The molecule has 3 aromatic rings. The average molecular weight is 341 g/mol. The Morgan fingerprint density at radius 2 is 1.92 bits per heavy atom. The van der Waals surface area contributed by atoms with Crippen LogP contribution in [0.15, 0.2) is 57.6 Å². The Morgan fingerprint density at radius 1 is 1.08 bits per heavy atom. The van der Waals surface area contributed by atoms with Crippen LogP contribution < -0.4 is 10.2 Å². The molecule has 0 saturated carbocycles. The van der Waals surface area contributed by atoms with Crippen molar-refractivity contribution in [3.8, 4) is 11.5 Å². The van der Waals surface area contributed by atoms with Crippen LogP contribution in [0.5, 0.6) is 11.5 Å². The van der Waals surface area contributed by atoms with Crippen molar-refractivity contribution in [2.45, 2.75) is 0 Å². The quantitative estimate of drug-likeness (QED) is 0.682. The summed E-state index contributed by atoms with van der Waals surface area (Å²) in [5, 5.41) is 10.2. The predicted octanol–water partition coefficient (Wildman–Crippen LogP) is 3.77. The number of benzene rings is 2. The molecule has 24 heavy (non-hydrogen) atoms. The molecule has 4 rings (SSSR count). The van der Waals surface area contributed by atoms with E-state index in [0.29, 0.717) is 21.6 Å². The average Bonchev–Trinajstić information content (AvgIpc) is 2.86. The third kappa shape index (κ3) is 2.26. The summed E-state index contributed by atoms with van der Waals surface area (Å²) in [6.45, 7) is 0. The van der Waals surface area contributed by atoms with Crippen LogP contribution in [0, 0.1) is 0 Å². The highest BCUT2D eigenvalue weighted by Crippen LogP contribution is 2.34. The highest BCUT2D eigenvalue weighted by atomic mass is 35.5. The van der Waals surface area contributed by atoms with Crippen LogP contribution in [0.25, 0.3) is 17.0 Å². The maximum Gasteiger partial charge on any atom is 0.231 e. The van der Waals surface area contributed by atoms with Crippen LogP contribution >= 0.6 is 11.6 Å². The van der Waals surface area contributed by atoms with E-state index < -0.39 is 0 Å². The zero-order valence-electron chi connectivity index (χ0n) is 12.1. The smallest absolute Gasteiger partial charge is 0.231 e. The largest absolute Gasteiger partial charge is 0.508 e. The summed E-state index contributed by atoms with van der Waals surface area (Å²) < 4.78 is 10.8. The predicted molar refractivity (Wildman–Crippen MR) is 88.5 cm³/mol. The normalized spacial score (nSPS) is 14.9. The number of carbonyl (C=O) groups is 1. The lowest BCUT2D eigenvalue weighted by atomic mass is 10.1. The van der Waals surface area contributed by atoms with Crippen molar-refractivity contribution in [3.05, 3.63) is 74.8 Å². The minimum atomic E-state index is -0.365. The Bertz CT molecular complexity index is 1090. The van der Waals surface area contributed by atoms with E-state index in [2.05, 4.69) is 0 Å². The first-order valence-corrected chi connectivity index (χ1v) is 7.39. The van der Waals surface area contributed by atoms with Crippen molar-refractivity contribution < 1.29 is 19.1 Å². The standard InChI is InChI=1S/C18H9ClO5/c19-10-1-4-14-13(6-10)17(21)9(8-23-14)5-16-18(22)12-3-2-11(20)7-15(12)24-16/h1-8,20H/b16-5+. The van der Waals surface area contributed by atoms with Gasteiger partial charge < -0.3 is 14.3 Å². The van der Waals surface area contributed by atoms with Gasteiger partial charge in [-0.2, -0.15) is 0 Å². The van der Waals surface area contributed by atoms with Gasteiger partial charge in [0, 0.05) is 11.1 Å². The molecule has 118 valence electrons. The molecule has 0 spiro atoms. The molecule has 0 saturated heterocycles. The second-order valence-electron chi connectivity index (χ2n) is 5.28. The number of phenols is 1. The summed E-state index contributed by atoms with van der Waals surface area (Å²) in [5.74, 6) is -0.137. The molecule has 0 aliphatic carbocycles. The summed E-state index contributed by atoms with van der Waals surface area (Å²) in [7, 11) is 0. The van der Waals surface area contributed by atoms with E-state index in [-0.39, 0.29) is 34.0 Å². The summed E-state index contributed by atoms with van der Waals surface area (Å²) in [6.07, 6.45) is 2.59. The topological polar surface area (TPSA) is 76.7 Å². The van der Waals surface area contributed by atoms with Gasteiger partial charge in [-0.1, -0.05) is 11.6 Å². The number of ketones is 1. The first-order valence-electron chi connectivity index (χ1n) is 7.01. The van der Waals surface area contributed by atoms with Crippen LogP contribution in [0.2, 0.25) is 5.02 Å².